The zero-order chi connectivity index (χ0) is 32.0. The second kappa shape index (κ2) is 14.2. The van der Waals surface area contributed by atoms with Crippen LogP contribution in [0.4, 0.5) is 5.88 Å². The van der Waals surface area contributed by atoms with Crippen molar-refractivity contribution in [3.05, 3.63) is 34.5 Å². The van der Waals surface area contributed by atoms with Crippen LogP contribution in [-0.4, -0.2) is 82.8 Å². The van der Waals surface area contributed by atoms with Crippen molar-refractivity contribution in [3.63, 3.8) is 0 Å². The number of carbonyl (C=O) groups is 5. The van der Waals surface area contributed by atoms with Gasteiger partial charge in [0.25, 0.3) is 0 Å². The van der Waals surface area contributed by atoms with E-state index in [-0.39, 0.29) is 11.6 Å². The first-order valence-electron chi connectivity index (χ1n) is 12.5. The van der Waals surface area contributed by atoms with Gasteiger partial charge in [0.1, 0.15) is 12.7 Å². The number of halogens is 1. The summed E-state index contributed by atoms with van der Waals surface area (Å²) in [4.78, 5) is 60.1. The van der Waals surface area contributed by atoms with E-state index in [1.54, 1.807) is 25.1 Å². The Kier molecular flexibility index (Phi) is 11.0. The van der Waals surface area contributed by atoms with Crippen LogP contribution < -0.4 is 15.8 Å². The number of nitrogens with two attached hydrogens (primary N) is 1. The molecule has 2 heterocycles. The molecule has 43 heavy (non-hydrogen) atoms. The van der Waals surface area contributed by atoms with Crippen LogP contribution in [0, 0.1) is 6.92 Å². The van der Waals surface area contributed by atoms with Gasteiger partial charge in [0, 0.05) is 44.3 Å². The van der Waals surface area contributed by atoms with Crippen molar-refractivity contribution in [1.29, 1.82) is 0 Å². The molecule has 0 saturated carbocycles. The first kappa shape index (κ1) is 33.2. The topological polar surface area (TPSA) is 203 Å². The van der Waals surface area contributed by atoms with E-state index < -0.39 is 66.2 Å². The van der Waals surface area contributed by atoms with Crippen molar-refractivity contribution in [3.8, 4) is 5.69 Å². The van der Waals surface area contributed by atoms with Crippen molar-refractivity contribution in [1.82, 2.24) is 10.3 Å². The summed E-state index contributed by atoms with van der Waals surface area (Å²) in [5.41, 5.74) is 9.69. The Morgan fingerprint density at radius 1 is 1.07 bits per heavy atom. The molecule has 0 bridgehead atoms. The fourth-order valence-electron chi connectivity index (χ4n) is 4.25. The molecule has 0 unspecified atom stereocenters. The number of benzene rings is 1. The van der Waals surface area contributed by atoms with E-state index in [4.69, 9.17) is 57.8 Å². The van der Waals surface area contributed by atoms with Gasteiger partial charge in [0.2, 0.25) is 17.2 Å². The van der Waals surface area contributed by atoms with Crippen molar-refractivity contribution >= 4 is 65.0 Å². The highest BCUT2D eigenvalue weighted by Gasteiger charge is 2.54. The fraction of sp³-hybridized carbons (Fsp3) is 0.440. The van der Waals surface area contributed by atoms with E-state index in [9.17, 15) is 24.0 Å². The predicted molar refractivity (Wildman–Crippen MR) is 147 cm³/mol. The highest BCUT2D eigenvalue weighted by molar-refractivity contribution is 7.80. The molecule has 232 valence electrons. The van der Waals surface area contributed by atoms with Crippen LogP contribution in [0.3, 0.4) is 0 Å². The lowest BCUT2D eigenvalue weighted by molar-refractivity contribution is -0.671. The number of carbonyl (C=O) groups excluding carboxylic acids is 5. The summed E-state index contributed by atoms with van der Waals surface area (Å²) < 4.78 is 34.0. The molecule has 1 aromatic carbocycles. The molecule has 2 aromatic rings. The van der Waals surface area contributed by atoms with Gasteiger partial charge in [-0.15, -0.1) is 0 Å². The van der Waals surface area contributed by atoms with Crippen molar-refractivity contribution in [2.24, 2.45) is 5.73 Å². The molecule has 1 aliphatic rings. The molecule has 1 aromatic heterocycles. The molecule has 3 N–H and O–H groups in total. The van der Waals surface area contributed by atoms with Crippen LogP contribution in [0.5, 0.6) is 0 Å². The average molecular weight is 643 g/mol. The second-order valence-corrected chi connectivity index (χ2v) is 10.0. The predicted octanol–water partition coefficient (Wildman–Crippen LogP) is 0.681. The van der Waals surface area contributed by atoms with E-state index in [0.29, 0.717) is 22.6 Å². The lowest BCUT2D eigenvalue weighted by Gasteiger charge is -2.47. The maximum atomic E-state index is 12.2. The molecule has 5 atom stereocenters. The summed E-state index contributed by atoms with van der Waals surface area (Å²) in [5, 5.41) is 4.89. The maximum absolute atomic E-state index is 12.2. The van der Waals surface area contributed by atoms with E-state index in [2.05, 4.69) is 10.7 Å². The molecule has 1 saturated heterocycles. The maximum Gasteiger partial charge on any atom is 0.345 e. The highest BCUT2D eigenvalue weighted by atomic mass is 35.5. The molecule has 1 aliphatic heterocycles. The van der Waals surface area contributed by atoms with Gasteiger partial charge in [-0.3, -0.25) is 33.9 Å². The molecular formula is C25H29ClN5O11S+. The van der Waals surface area contributed by atoms with Gasteiger partial charge in [0.05, 0.1) is 0 Å². The molecule has 0 spiro atoms. The van der Waals surface area contributed by atoms with Crippen LogP contribution in [-0.2, 0) is 42.9 Å². The Hall–Kier alpha value is -4.35. The lowest BCUT2D eigenvalue weighted by Crippen LogP contribution is -2.68. The largest absolute Gasteiger partial charge is 0.463 e. The second-order valence-electron chi connectivity index (χ2n) is 9.16. The standard InChI is InChI=1S/C25H28ClN5O11S/c1-11-8-16(26)6-7-17(11)30-18(9-32)23(42-29-30)28-31(25(27)43)24-22(40-15(5)36)21(39-14(4)35)20(38-13(3)34)19(41-24)10-37-12(2)33/h6-9,19-22,24H,10H2,1-5H3,(H2-,27,28,29,32,43)/p+1/t19-,20+,21+,22-,24-/m1/s1. The Morgan fingerprint density at radius 2 is 1.67 bits per heavy atom. The molecule has 18 heteroatoms. The first-order chi connectivity index (χ1) is 20.2. The fourth-order valence-corrected chi connectivity index (χ4v) is 4.62. The minimum absolute atomic E-state index is 0.127. The summed E-state index contributed by atoms with van der Waals surface area (Å²) in [6.07, 6.45) is -6.88. The number of anilines is 1. The van der Waals surface area contributed by atoms with Crippen LogP contribution in [0.15, 0.2) is 22.7 Å². The Morgan fingerprint density at radius 3 is 2.21 bits per heavy atom. The Balaban J connectivity index is 2.11. The van der Waals surface area contributed by atoms with Gasteiger partial charge in [-0.25, -0.2) is 5.01 Å². The molecule has 1 fully saturated rings. The van der Waals surface area contributed by atoms with Crippen LogP contribution >= 0.6 is 23.8 Å². The van der Waals surface area contributed by atoms with Crippen LogP contribution in [0.25, 0.3) is 5.69 Å². The summed E-state index contributed by atoms with van der Waals surface area (Å²) in [5.74, 6) is -3.45. The molecule has 16 nitrogen and oxygen atoms in total. The van der Waals surface area contributed by atoms with Crippen molar-refractivity contribution < 1.29 is 56.9 Å². The van der Waals surface area contributed by atoms with Gasteiger partial charge < -0.3 is 29.4 Å². The van der Waals surface area contributed by atoms with E-state index >= 15 is 0 Å². The normalized spacial score (nSPS) is 21.2. The third-order valence-electron chi connectivity index (χ3n) is 5.85. The minimum atomic E-state index is -1.55. The van der Waals surface area contributed by atoms with E-state index in [0.717, 1.165) is 32.7 Å². The third kappa shape index (κ3) is 8.14. The van der Waals surface area contributed by atoms with Gasteiger partial charge >= 0.3 is 35.5 Å². The molecule has 0 radical (unpaired) electrons. The number of hydrazine groups is 1. The van der Waals surface area contributed by atoms with E-state index in [1.165, 1.54) is 4.68 Å². The Labute approximate surface area is 255 Å². The summed E-state index contributed by atoms with van der Waals surface area (Å²) in [7, 11) is 0. The van der Waals surface area contributed by atoms with Gasteiger partial charge in [-0.2, -0.15) is 0 Å². The monoisotopic (exact) mass is 642 g/mol. The smallest absolute Gasteiger partial charge is 0.345 e. The highest BCUT2D eigenvalue weighted by Crippen LogP contribution is 2.31. The van der Waals surface area contributed by atoms with E-state index in [1.807, 2.05) is 0 Å². The first-order valence-corrected chi connectivity index (χ1v) is 13.3. The summed E-state index contributed by atoms with van der Waals surface area (Å²) in [6.45, 7) is 5.63. The van der Waals surface area contributed by atoms with Crippen LogP contribution in [0.2, 0.25) is 5.02 Å². The zero-order valence-corrected chi connectivity index (χ0v) is 25.2. The summed E-state index contributed by atoms with van der Waals surface area (Å²) >= 11 is 11.3. The third-order valence-corrected chi connectivity index (χ3v) is 6.29. The number of nitrogens with zero attached hydrogens (tertiary/aromatic N) is 3. The number of hydrogen-bond donors (Lipinski definition) is 2. The molecular weight excluding hydrogens is 614 g/mol. The average Bonchev–Trinajstić information content (AvgIpc) is 3.30. The van der Waals surface area contributed by atoms with Gasteiger partial charge in [-0.1, -0.05) is 11.6 Å². The number of rotatable bonds is 10. The number of thiocarbonyl (C=S) groups is 1. The number of ether oxygens (including phenoxy) is 5. The zero-order valence-electron chi connectivity index (χ0n) is 23.6. The SMILES string of the molecule is CC(=O)OC[C@H]1O[C@@H](N(Nc2on[n+](-c3ccc(Cl)cc3C)c2C=O)C(N)=S)[C@H](OC(C)=O)[C@@H](OC(C)=O)[C@H]1OC(C)=O. The van der Waals surface area contributed by atoms with Gasteiger partial charge in [0.15, 0.2) is 29.7 Å². The number of hydrogen-bond acceptors (Lipinski definition) is 14. The quantitative estimate of drug-likeness (QED) is 0.0913. The Bertz CT molecular complexity index is 1420. The van der Waals surface area contributed by atoms with Crippen molar-refractivity contribution in [2.45, 2.75) is 65.3 Å². The summed E-state index contributed by atoms with van der Waals surface area (Å²) in [6, 6.07) is 4.85. The number of aldehydes is 1. The number of aromatic nitrogens is 2. The number of aryl methyl sites for hydroxylation is 1. The lowest BCUT2D eigenvalue weighted by atomic mass is 9.97. The minimum Gasteiger partial charge on any atom is -0.463 e. The molecule has 3 rings (SSSR count). The van der Waals surface area contributed by atoms with Crippen molar-refractivity contribution in [2.75, 3.05) is 12.0 Å². The van der Waals surface area contributed by atoms with Gasteiger partial charge in [-0.05, 0) is 36.0 Å². The molecule has 0 amide bonds. The molecule has 0 aliphatic carbocycles. The van der Waals surface area contributed by atoms with Crippen LogP contribution in [0.1, 0.15) is 43.7 Å². The number of esters is 4. The number of nitrogens with one attached hydrogen (secondary N) is 1.